The van der Waals surface area contributed by atoms with E-state index in [-0.39, 0.29) is 17.9 Å². The van der Waals surface area contributed by atoms with E-state index in [1.165, 1.54) is 18.3 Å². The lowest BCUT2D eigenvalue weighted by Gasteiger charge is -2.09. The Morgan fingerprint density at radius 3 is 2.77 bits per heavy atom. The van der Waals surface area contributed by atoms with Crippen LogP contribution in [0.2, 0.25) is 5.02 Å². The van der Waals surface area contributed by atoms with E-state index in [1.54, 1.807) is 30.3 Å². The van der Waals surface area contributed by atoms with Crippen LogP contribution < -0.4 is 14.8 Å². The molecule has 1 N–H and O–H groups in total. The van der Waals surface area contributed by atoms with Gasteiger partial charge in [0.15, 0.2) is 11.5 Å². The first-order valence-electron chi connectivity index (χ1n) is 7.73. The van der Waals surface area contributed by atoms with Gasteiger partial charge in [0.25, 0.3) is 5.91 Å². The second-order valence-corrected chi connectivity index (χ2v) is 5.96. The summed E-state index contributed by atoms with van der Waals surface area (Å²) >= 11 is 6.06. The number of benzene rings is 2. The molecule has 1 amide bonds. The number of hydrogen-bond donors (Lipinski definition) is 1. The number of aromatic nitrogens is 1. The predicted molar refractivity (Wildman–Crippen MR) is 95.2 cm³/mol. The number of rotatable bonds is 3. The minimum absolute atomic E-state index is 0.148. The second kappa shape index (κ2) is 6.65. The summed E-state index contributed by atoms with van der Waals surface area (Å²) in [6, 6.07) is 12.5. The average Bonchev–Trinajstić information content (AvgIpc) is 3.10. The number of nitrogens with zero attached hydrogens (tertiary/aromatic N) is 1. The molecule has 4 rings (SSSR count). The van der Waals surface area contributed by atoms with Gasteiger partial charge >= 0.3 is 0 Å². The van der Waals surface area contributed by atoms with Gasteiger partial charge in [-0.25, -0.2) is 4.39 Å². The number of hydrogen-bond acceptors (Lipinski definition) is 4. The molecule has 0 radical (unpaired) electrons. The monoisotopic (exact) mass is 370 g/mol. The highest BCUT2D eigenvalue weighted by Gasteiger charge is 2.16. The van der Waals surface area contributed by atoms with Gasteiger partial charge in [0, 0.05) is 29.1 Å². The van der Waals surface area contributed by atoms with E-state index in [0.717, 1.165) is 6.07 Å². The van der Waals surface area contributed by atoms with Crippen molar-refractivity contribution in [2.75, 3.05) is 12.1 Å². The highest BCUT2D eigenvalue weighted by Crippen LogP contribution is 2.34. The lowest BCUT2D eigenvalue weighted by molar-refractivity contribution is 0.102. The largest absolute Gasteiger partial charge is 0.454 e. The van der Waals surface area contributed by atoms with Gasteiger partial charge in [-0.1, -0.05) is 11.6 Å². The molecule has 2 aromatic carbocycles. The van der Waals surface area contributed by atoms with E-state index in [0.29, 0.717) is 27.9 Å². The molecule has 1 aliphatic heterocycles. The van der Waals surface area contributed by atoms with Gasteiger partial charge in [0.2, 0.25) is 6.79 Å². The molecule has 0 saturated carbocycles. The molecular formula is C19H12ClFN2O3. The van der Waals surface area contributed by atoms with E-state index >= 15 is 0 Å². The average molecular weight is 371 g/mol. The second-order valence-electron chi connectivity index (χ2n) is 5.55. The van der Waals surface area contributed by atoms with Crippen LogP contribution >= 0.6 is 11.6 Å². The van der Waals surface area contributed by atoms with Crippen LogP contribution in [0.4, 0.5) is 10.1 Å². The molecule has 1 aromatic heterocycles. The minimum atomic E-state index is -0.580. The van der Waals surface area contributed by atoms with Crippen LogP contribution in [0.15, 0.2) is 54.7 Å². The Balaban J connectivity index is 1.57. The van der Waals surface area contributed by atoms with Crippen LogP contribution in [-0.2, 0) is 0 Å². The summed E-state index contributed by atoms with van der Waals surface area (Å²) in [7, 11) is 0. The molecule has 26 heavy (non-hydrogen) atoms. The topological polar surface area (TPSA) is 60.5 Å². The third kappa shape index (κ3) is 3.07. The maximum atomic E-state index is 14.5. The number of amides is 1. The van der Waals surface area contributed by atoms with Crippen LogP contribution in [0.25, 0.3) is 11.3 Å². The molecule has 5 nitrogen and oxygen atoms in total. The molecule has 0 atom stereocenters. The standard InChI is InChI=1S/C19H12ClFN2O3/c20-14-2-1-7-22-18(14)13-5-3-11(8-15(13)21)19(24)23-12-4-6-16-17(9-12)26-10-25-16/h1-9H,10H2,(H,23,24). The van der Waals surface area contributed by atoms with Crippen molar-refractivity contribution in [3.05, 3.63) is 71.1 Å². The Bertz CT molecular complexity index is 1010. The zero-order valence-electron chi connectivity index (χ0n) is 13.3. The minimum Gasteiger partial charge on any atom is -0.454 e. The zero-order chi connectivity index (χ0) is 18.1. The van der Waals surface area contributed by atoms with Crippen molar-refractivity contribution < 1.29 is 18.7 Å². The van der Waals surface area contributed by atoms with E-state index in [4.69, 9.17) is 21.1 Å². The molecule has 0 unspecified atom stereocenters. The third-order valence-electron chi connectivity index (χ3n) is 3.88. The third-order valence-corrected chi connectivity index (χ3v) is 4.18. The van der Waals surface area contributed by atoms with Crippen molar-refractivity contribution in [2.24, 2.45) is 0 Å². The van der Waals surface area contributed by atoms with Crippen LogP contribution in [-0.4, -0.2) is 17.7 Å². The Morgan fingerprint density at radius 2 is 1.96 bits per heavy atom. The molecule has 0 aliphatic carbocycles. The van der Waals surface area contributed by atoms with Crippen molar-refractivity contribution in [3.63, 3.8) is 0 Å². The number of pyridine rings is 1. The summed E-state index contributed by atoms with van der Waals surface area (Å²) in [5, 5.41) is 3.04. The molecule has 0 spiro atoms. The molecule has 3 aromatic rings. The molecule has 2 heterocycles. The number of nitrogens with one attached hydrogen (secondary N) is 1. The summed E-state index contributed by atoms with van der Waals surface area (Å²) < 4.78 is 25.0. The van der Waals surface area contributed by atoms with E-state index < -0.39 is 11.7 Å². The van der Waals surface area contributed by atoms with Gasteiger partial charge in [0.1, 0.15) is 5.82 Å². The van der Waals surface area contributed by atoms with Gasteiger partial charge in [0.05, 0.1) is 10.7 Å². The van der Waals surface area contributed by atoms with E-state index in [2.05, 4.69) is 10.3 Å². The van der Waals surface area contributed by atoms with Crippen LogP contribution in [0.5, 0.6) is 11.5 Å². The van der Waals surface area contributed by atoms with Crippen molar-refractivity contribution in [3.8, 4) is 22.8 Å². The predicted octanol–water partition coefficient (Wildman–Crippen LogP) is 4.52. The van der Waals surface area contributed by atoms with Gasteiger partial charge in [-0.15, -0.1) is 0 Å². The highest BCUT2D eigenvalue weighted by atomic mass is 35.5. The molecule has 0 bridgehead atoms. The van der Waals surface area contributed by atoms with Crippen LogP contribution in [0, 0.1) is 5.82 Å². The Labute approximate surface area is 153 Å². The number of anilines is 1. The highest BCUT2D eigenvalue weighted by molar-refractivity contribution is 6.33. The molecule has 7 heteroatoms. The molecule has 0 fully saturated rings. The SMILES string of the molecule is O=C(Nc1ccc2c(c1)OCO2)c1ccc(-c2ncccc2Cl)c(F)c1. The van der Waals surface area contributed by atoms with E-state index in [9.17, 15) is 9.18 Å². The maximum Gasteiger partial charge on any atom is 0.255 e. The lowest BCUT2D eigenvalue weighted by atomic mass is 10.1. The number of fused-ring (bicyclic) bond motifs is 1. The van der Waals surface area contributed by atoms with Gasteiger partial charge in [-0.3, -0.25) is 9.78 Å². The number of carbonyl (C=O) groups is 1. The first kappa shape index (κ1) is 16.4. The summed E-state index contributed by atoms with van der Waals surface area (Å²) in [5.41, 5.74) is 1.26. The molecule has 1 aliphatic rings. The van der Waals surface area contributed by atoms with Crippen molar-refractivity contribution in [1.82, 2.24) is 4.98 Å². The Kier molecular flexibility index (Phi) is 4.18. The van der Waals surface area contributed by atoms with Gasteiger partial charge in [-0.2, -0.15) is 0 Å². The van der Waals surface area contributed by atoms with Crippen molar-refractivity contribution >= 4 is 23.2 Å². The normalized spacial score (nSPS) is 12.1. The maximum absolute atomic E-state index is 14.5. The fraction of sp³-hybridized carbons (Fsp3) is 0.0526. The Hall–Kier alpha value is -3.12. The van der Waals surface area contributed by atoms with Crippen LogP contribution in [0.3, 0.4) is 0 Å². The number of ether oxygens (including phenoxy) is 2. The Morgan fingerprint density at radius 1 is 1.12 bits per heavy atom. The number of halogens is 2. The van der Waals surface area contributed by atoms with Crippen LogP contribution in [0.1, 0.15) is 10.4 Å². The molecular weight excluding hydrogens is 359 g/mol. The van der Waals surface area contributed by atoms with Crippen molar-refractivity contribution in [1.29, 1.82) is 0 Å². The van der Waals surface area contributed by atoms with Gasteiger partial charge < -0.3 is 14.8 Å². The van der Waals surface area contributed by atoms with E-state index in [1.807, 2.05) is 0 Å². The first-order valence-corrected chi connectivity index (χ1v) is 8.11. The lowest BCUT2D eigenvalue weighted by Crippen LogP contribution is -2.12. The van der Waals surface area contributed by atoms with Gasteiger partial charge in [-0.05, 0) is 42.5 Å². The summed E-state index contributed by atoms with van der Waals surface area (Å²) in [4.78, 5) is 16.5. The molecule has 130 valence electrons. The van der Waals surface area contributed by atoms with Crippen molar-refractivity contribution in [2.45, 2.75) is 0 Å². The fourth-order valence-electron chi connectivity index (χ4n) is 2.61. The summed E-state index contributed by atoms with van der Waals surface area (Å²) in [5.74, 6) is 0.144. The smallest absolute Gasteiger partial charge is 0.255 e. The quantitative estimate of drug-likeness (QED) is 0.736. The first-order chi connectivity index (χ1) is 12.6. The zero-order valence-corrected chi connectivity index (χ0v) is 14.1. The molecule has 0 saturated heterocycles. The summed E-state index contributed by atoms with van der Waals surface area (Å²) in [6.07, 6.45) is 1.53. The fourth-order valence-corrected chi connectivity index (χ4v) is 2.83. The number of carbonyl (C=O) groups excluding carboxylic acids is 1. The summed E-state index contributed by atoms with van der Waals surface area (Å²) in [6.45, 7) is 0.148.